The van der Waals surface area contributed by atoms with E-state index in [1.807, 2.05) is 35.3 Å². The van der Waals surface area contributed by atoms with Crippen LogP contribution in [0.4, 0.5) is 5.82 Å². The van der Waals surface area contributed by atoms with Crippen LogP contribution in [0.1, 0.15) is 24.8 Å². The number of aliphatic imine (C=N–C) groups is 1. The van der Waals surface area contributed by atoms with E-state index in [1.165, 1.54) is 0 Å². The highest BCUT2D eigenvalue weighted by Gasteiger charge is 2.35. The van der Waals surface area contributed by atoms with Crippen LogP contribution in [-0.4, -0.2) is 47.7 Å². The van der Waals surface area contributed by atoms with E-state index < -0.39 is 10.0 Å². The normalized spacial score (nSPS) is 16.8. The third-order valence-corrected chi connectivity index (χ3v) is 7.33. The van der Waals surface area contributed by atoms with Crippen LogP contribution in [0, 0.1) is 0 Å². The van der Waals surface area contributed by atoms with Gasteiger partial charge in [0.15, 0.2) is 0 Å². The minimum Gasteiger partial charge on any atom is -0.383 e. The second-order valence-electron chi connectivity index (χ2n) is 7.56. The highest BCUT2D eigenvalue weighted by molar-refractivity contribution is 7.90. The van der Waals surface area contributed by atoms with E-state index in [0.29, 0.717) is 31.9 Å². The molecule has 9 heteroatoms. The summed E-state index contributed by atoms with van der Waals surface area (Å²) in [6.07, 6.45) is 7.90. The van der Waals surface area contributed by atoms with E-state index in [1.54, 1.807) is 0 Å². The Morgan fingerprint density at radius 1 is 1.24 bits per heavy atom. The Hall–Kier alpha value is -2.78. The molecule has 3 heterocycles. The van der Waals surface area contributed by atoms with Crippen LogP contribution in [0.15, 0.2) is 35.5 Å². The Kier molecular flexibility index (Phi) is 4.36. The van der Waals surface area contributed by atoms with Gasteiger partial charge < -0.3 is 5.73 Å². The number of allylic oxidation sites excluding steroid dienone is 1. The van der Waals surface area contributed by atoms with Crippen molar-refractivity contribution in [3.05, 3.63) is 36.0 Å². The first-order valence-electron chi connectivity index (χ1n) is 9.75. The zero-order chi connectivity index (χ0) is 20.0. The highest BCUT2D eigenvalue weighted by Crippen LogP contribution is 2.30. The average Bonchev–Trinajstić information content (AvgIpc) is 3.26. The molecule has 0 spiro atoms. The van der Waals surface area contributed by atoms with Crippen LogP contribution in [0.2, 0.25) is 0 Å². The largest absolute Gasteiger partial charge is 0.383 e. The molecule has 29 heavy (non-hydrogen) atoms. The van der Waals surface area contributed by atoms with Crippen molar-refractivity contribution in [1.82, 2.24) is 19.5 Å². The predicted molar refractivity (Wildman–Crippen MR) is 115 cm³/mol. The van der Waals surface area contributed by atoms with E-state index >= 15 is 0 Å². The lowest BCUT2D eigenvalue weighted by molar-refractivity contribution is 0.554. The van der Waals surface area contributed by atoms with E-state index in [4.69, 9.17) is 10.8 Å². The molecular weight excluding hydrogens is 388 g/mol. The third kappa shape index (κ3) is 3.51. The van der Waals surface area contributed by atoms with Gasteiger partial charge in [-0.25, -0.2) is 18.1 Å². The lowest BCUT2D eigenvalue weighted by Gasteiger charge is -2.05. The summed E-state index contributed by atoms with van der Waals surface area (Å²) < 4.78 is 28.3. The molecule has 0 atom stereocenters. The van der Waals surface area contributed by atoms with Gasteiger partial charge in [0.25, 0.3) is 0 Å². The van der Waals surface area contributed by atoms with Gasteiger partial charge in [-0.1, -0.05) is 6.07 Å². The van der Waals surface area contributed by atoms with Crippen molar-refractivity contribution in [3.63, 3.8) is 0 Å². The molecule has 150 valence electrons. The van der Waals surface area contributed by atoms with E-state index in [2.05, 4.69) is 20.8 Å². The number of hydrogen-bond acceptors (Lipinski definition) is 6. The van der Waals surface area contributed by atoms with Gasteiger partial charge in [0.2, 0.25) is 10.0 Å². The van der Waals surface area contributed by atoms with Gasteiger partial charge in [-0.15, -0.1) is 0 Å². The van der Waals surface area contributed by atoms with Gasteiger partial charge in [0.1, 0.15) is 11.3 Å². The summed E-state index contributed by atoms with van der Waals surface area (Å²) in [6, 6.07) is 6.11. The van der Waals surface area contributed by atoms with Crippen LogP contribution < -0.4 is 10.5 Å². The number of aryl methyl sites for hydroxylation is 1. The number of benzene rings is 1. The molecule has 0 radical (unpaired) electrons. The lowest BCUT2D eigenvalue weighted by Crippen LogP contribution is -2.28. The SMILES string of the molecule is Nc1nc2cc(C3=CC=NC3)ccc2c2nn(CCCNS(=O)(=O)C3CC3)cc12. The molecule has 1 aromatic carbocycles. The van der Waals surface area contributed by atoms with Gasteiger partial charge in [-0.2, -0.15) is 5.10 Å². The standard InChI is InChI=1S/C20H22N6O2S/c21-20-17-12-26(9-1-7-23-29(27,28)15-3-4-15)25-19(17)16-5-2-13(10-18(16)24-20)14-6-8-22-11-14/h2,5-6,8,10,12,15,23H,1,3-4,7,9,11H2,(H2,21,24). The first-order chi connectivity index (χ1) is 14.0. The van der Waals surface area contributed by atoms with Crippen LogP contribution in [0.3, 0.4) is 0 Å². The molecule has 0 saturated heterocycles. The molecule has 5 rings (SSSR count). The predicted octanol–water partition coefficient (Wildman–Crippen LogP) is 2.11. The van der Waals surface area contributed by atoms with Crippen molar-refractivity contribution in [1.29, 1.82) is 0 Å². The highest BCUT2D eigenvalue weighted by atomic mass is 32.2. The van der Waals surface area contributed by atoms with Crippen LogP contribution in [0.5, 0.6) is 0 Å². The molecule has 1 fully saturated rings. The monoisotopic (exact) mass is 410 g/mol. The maximum absolute atomic E-state index is 11.9. The summed E-state index contributed by atoms with van der Waals surface area (Å²) in [4.78, 5) is 8.80. The molecule has 2 aromatic heterocycles. The van der Waals surface area contributed by atoms with Gasteiger partial charge in [0.05, 0.1) is 22.7 Å². The number of nitrogens with two attached hydrogens (primary N) is 1. The summed E-state index contributed by atoms with van der Waals surface area (Å²) >= 11 is 0. The van der Waals surface area contributed by atoms with Crippen LogP contribution >= 0.6 is 0 Å². The van der Waals surface area contributed by atoms with Crippen molar-refractivity contribution in [2.45, 2.75) is 31.1 Å². The van der Waals surface area contributed by atoms with Gasteiger partial charge in [0, 0.05) is 30.9 Å². The number of pyridine rings is 1. The number of nitrogen functional groups attached to an aromatic ring is 1. The van der Waals surface area contributed by atoms with Crippen LogP contribution in [-0.2, 0) is 16.6 Å². The molecule has 2 aliphatic rings. The number of nitrogens with one attached hydrogen (secondary N) is 1. The summed E-state index contributed by atoms with van der Waals surface area (Å²) in [5, 5.41) is 6.26. The topological polar surface area (TPSA) is 115 Å². The Bertz CT molecular complexity index is 1270. The molecule has 0 bridgehead atoms. The number of sulfonamides is 1. The number of fused-ring (bicyclic) bond motifs is 3. The summed E-state index contributed by atoms with van der Waals surface area (Å²) in [7, 11) is -3.14. The second-order valence-corrected chi connectivity index (χ2v) is 9.60. The Morgan fingerprint density at radius 2 is 2.10 bits per heavy atom. The minimum absolute atomic E-state index is 0.191. The maximum Gasteiger partial charge on any atom is 0.214 e. The van der Waals surface area contributed by atoms with E-state index in [0.717, 1.165) is 45.8 Å². The first-order valence-corrected chi connectivity index (χ1v) is 11.3. The number of aromatic nitrogens is 3. The Labute approximate surface area is 168 Å². The average molecular weight is 411 g/mol. The van der Waals surface area contributed by atoms with E-state index in [-0.39, 0.29) is 5.25 Å². The fourth-order valence-electron chi connectivity index (χ4n) is 3.62. The molecule has 0 amide bonds. The van der Waals surface area contributed by atoms with Crippen molar-refractivity contribution in [3.8, 4) is 0 Å². The minimum atomic E-state index is -3.14. The number of hydrogen-bond donors (Lipinski definition) is 2. The van der Waals surface area contributed by atoms with Gasteiger partial charge >= 0.3 is 0 Å². The fraction of sp³-hybridized carbons (Fsp3) is 0.350. The third-order valence-electron chi connectivity index (χ3n) is 5.38. The zero-order valence-corrected chi connectivity index (χ0v) is 16.7. The molecule has 8 nitrogen and oxygen atoms in total. The molecule has 1 aliphatic heterocycles. The van der Waals surface area contributed by atoms with Crippen molar-refractivity contribution in [2.75, 3.05) is 18.8 Å². The zero-order valence-electron chi connectivity index (χ0n) is 15.9. The maximum atomic E-state index is 11.9. The number of anilines is 1. The van der Waals surface area contributed by atoms with Crippen molar-refractivity contribution in [2.24, 2.45) is 4.99 Å². The smallest absolute Gasteiger partial charge is 0.214 e. The molecule has 1 aliphatic carbocycles. The molecule has 1 saturated carbocycles. The molecule has 3 N–H and O–H groups in total. The summed E-state index contributed by atoms with van der Waals surface area (Å²) in [5.74, 6) is 0.446. The second kappa shape index (κ2) is 6.93. The van der Waals surface area contributed by atoms with Gasteiger partial charge in [-0.3, -0.25) is 9.67 Å². The first kappa shape index (κ1) is 18.3. The Morgan fingerprint density at radius 3 is 2.86 bits per heavy atom. The van der Waals surface area contributed by atoms with Gasteiger partial charge in [-0.05, 0) is 48.6 Å². The Balaban J connectivity index is 1.37. The number of nitrogens with zero attached hydrogens (tertiary/aromatic N) is 4. The molecular formula is C20H22N6O2S. The van der Waals surface area contributed by atoms with Crippen LogP contribution in [0.25, 0.3) is 27.4 Å². The summed E-state index contributed by atoms with van der Waals surface area (Å²) in [6.45, 7) is 1.69. The van der Waals surface area contributed by atoms with Crippen molar-refractivity contribution < 1.29 is 8.42 Å². The molecule has 3 aromatic rings. The number of rotatable bonds is 7. The molecule has 0 unspecified atom stereocenters. The van der Waals surface area contributed by atoms with Crippen molar-refractivity contribution >= 4 is 49.4 Å². The lowest BCUT2D eigenvalue weighted by atomic mass is 10.0. The summed E-state index contributed by atoms with van der Waals surface area (Å²) in [5.41, 5.74) is 10.1. The fourth-order valence-corrected chi connectivity index (χ4v) is 5.04. The quantitative estimate of drug-likeness (QED) is 0.579. The van der Waals surface area contributed by atoms with E-state index in [9.17, 15) is 8.42 Å².